The van der Waals surface area contributed by atoms with Gasteiger partial charge in [0, 0.05) is 206 Å². The second kappa shape index (κ2) is 127. The molecule has 45 nitrogen and oxygen atoms in total. The molecule has 0 bridgehead atoms. The molecule has 0 radical (unpaired) electrons. The number of hydrogen-bond donors (Lipinski definition) is 9. The summed E-state index contributed by atoms with van der Waals surface area (Å²) in [6, 6.07) is -3.94. The van der Waals surface area contributed by atoms with Crippen LogP contribution in [0.15, 0.2) is 38.0 Å². The number of nitrogens with two attached hydrogens (primary N) is 9. The molecule has 0 aromatic carbocycles. The van der Waals surface area contributed by atoms with E-state index in [1.165, 1.54) is 80.5 Å². The molecular formula is C75H99Mo4N21O24-12. The fourth-order valence-corrected chi connectivity index (χ4v) is 3.30. The van der Waals surface area contributed by atoms with Crippen LogP contribution in [0, 0.1) is 78.9 Å². The Hall–Kier alpha value is -13.9. The van der Waals surface area contributed by atoms with E-state index in [-0.39, 0.29) is 102 Å². The third-order valence-corrected chi connectivity index (χ3v) is 11.9. The van der Waals surface area contributed by atoms with Crippen LogP contribution in [-0.4, -0.2) is 221 Å². The second-order valence-corrected chi connectivity index (χ2v) is 21.1. The van der Waals surface area contributed by atoms with Crippen LogP contribution in [0.25, 0.3) is 58.1 Å². The quantitative estimate of drug-likeness (QED) is 0.0393. The van der Waals surface area contributed by atoms with Gasteiger partial charge in [-0.1, -0.05) is 18.2 Å². The molecule has 3 rings (SSSR count). The normalized spacial score (nSPS) is 11.0. The monoisotopic (exact) mass is 2070 g/mol. The van der Waals surface area contributed by atoms with Crippen LogP contribution in [-0.2, 0) is 199 Å². The smallest absolute Gasteiger partial charge is 0.309 e. The van der Waals surface area contributed by atoms with Crippen LogP contribution in [0.1, 0.15) is 141 Å². The third kappa shape index (κ3) is 124. The first-order chi connectivity index (χ1) is 55.8. The molecule has 0 aliphatic heterocycles. The van der Waals surface area contributed by atoms with E-state index in [0.717, 1.165) is 12.8 Å². The van der Waals surface area contributed by atoms with Gasteiger partial charge in [0.15, 0.2) is 0 Å². The Bertz CT molecular complexity index is 3100. The minimum atomic E-state index is -1.03. The van der Waals surface area contributed by atoms with E-state index in [0.29, 0.717) is 44.9 Å². The SMILES string of the molecule is [C-]#[N+]C(C)(C)C(C)=O.[C-]#[N+]C(C)(C)C(N)=O.[C-]#[N+]C(C)(C)C(N)=O.[C-]#[N+]C(C)C(C)=O.[C-]#[N+]C(C)C(N)=O.[C-]#[N+]C(C)C(N)=O.[C-]#[N+]C(CC=C)C(N)=O.[C-]#[N+]C(CC=C)C(N)=O.[C-]#[N+]C(CC=C)C(N)=O.[C-]#[N+]C1(C(C)=O)CC1.[C-]#[N+]C1(C(N)=O)CC1.[C-]#[N+]C1(C(N)=O)CC1.[CH-]=O.[CH-]=O.[CH-]=O.[CH-]=O.[CH-]=O.[CH-]=O.[CH-]=O.[CH-]=O.[CH-]=O.[CH-]=O.[CH-]=O.[CH-]=O.[Mo].[Mo].[Mo].[Mo]. The number of carbonyl (C=O) groups excluding carboxylic acids is 24. The molecule has 6 unspecified atom stereocenters. The average molecular weight is 2060 g/mol. The molecule has 124 heavy (non-hydrogen) atoms. The molecule has 49 heteroatoms. The van der Waals surface area contributed by atoms with Crippen molar-refractivity contribution in [1.82, 2.24) is 0 Å². The van der Waals surface area contributed by atoms with Gasteiger partial charge in [-0.25, -0.2) is 78.9 Å². The Balaban J connectivity index is -0.0000000365. The summed E-state index contributed by atoms with van der Waals surface area (Å²) in [4.78, 5) is 252. The van der Waals surface area contributed by atoms with E-state index in [1.54, 1.807) is 20.8 Å². The van der Waals surface area contributed by atoms with E-state index in [1.807, 2.05) is 0 Å². The number of carbonyl (C=O) groups is 12. The molecule has 9 amide bonds. The first-order valence-corrected chi connectivity index (χ1v) is 30.2. The summed E-state index contributed by atoms with van der Waals surface area (Å²) in [6.07, 6.45) is 9.76. The first kappa shape index (κ1) is 181. The predicted octanol–water partition coefficient (Wildman–Crippen LogP) is 0.637. The first-order valence-electron chi connectivity index (χ1n) is 30.2. The van der Waals surface area contributed by atoms with Gasteiger partial charge < -0.3 is 158 Å². The molecule has 18 N–H and O–H groups in total. The zero-order chi connectivity index (χ0) is 102. The van der Waals surface area contributed by atoms with Crippen LogP contribution in [0.3, 0.4) is 0 Å². The van der Waals surface area contributed by atoms with Crippen molar-refractivity contribution in [2.45, 2.75) is 210 Å². The van der Waals surface area contributed by atoms with Gasteiger partial charge >= 0.3 is 81.6 Å². The molecular weight excluding hydrogens is 1960 g/mol. The van der Waals surface area contributed by atoms with Gasteiger partial charge in [0.05, 0.1) is 19.3 Å². The maximum atomic E-state index is 10.5. The number of ketones is 3. The summed E-state index contributed by atoms with van der Waals surface area (Å²) in [5, 5.41) is 0. The number of hydrogen-bond acceptors (Lipinski definition) is 24. The molecule has 0 aromatic heterocycles. The standard InChI is InChI=1S/3C6H8N2O.C6H7NO.C6H9NO.2C5H6N2O.2C5H8N2O.C5H7NO.2C4H6N2O.12CHO.4Mo/c3*1-3-4-5(8-2)6(7)9;1-5(8)6(7-2)3-4-6;1-5(8)6(2,3)7-4;2*1-7-5(2-3-5)4(6)8;2*1-5(2,7-3)4(6)8;1-4(6-3)5(2)7;2*1-3(6-2)4(5)7;12*1-2;;;;/h3*3,5H,1,4H2,(H2,7,9);3-4H2,1H3;1-3H3;2*2-3H2,(H2,6,8);2*1-2H3,(H2,6,8);4H,1-2H3;2*3H,1H3,(H2,5,7);12*1H;;;;/q;;;;;;;;;;;;12*-1;;;;. The summed E-state index contributed by atoms with van der Waals surface area (Å²) in [5.41, 5.74) is 38.4. The maximum absolute atomic E-state index is 10.5. The molecule has 3 aliphatic carbocycles. The Morgan fingerprint density at radius 2 is 0.484 bits per heavy atom. The van der Waals surface area contributed by atoms with Crippen molar-refractivity contribution in [3.8, 4) is 0 Å². The summed E-state index contributed by atoms with van der Waals surface area (Å²) in [7, 11) is 0. The van der Waals surface area contributed by atoms with Gasteiger partial charge in [-0.3, -0.25) is 149 Å². The van der Waals surface area contributed by atoms with Crippen LogP contribution in [0.5, 0.6) is 0 Å². The molecule has 0 heterocycles. The van der Waals surface area contributed by atoms with Crippen molar-refractivity contribution < 1.29 is 199 Å². The van der Waals surface area contributed by atoms with Crippen molar-refractivity contribution in [3.63, 3.8) is 0 Å². The van der Waals surface area contributed by atoms with Crippen molar-refractivity contribution in [2.75, 3.05) is 0 Å². The molecule has 3 saturated carbocycles. The summed E-state index contributed by atoms with van der Waals surface area (Å²) in [6.45, 7) is 145. The number of rotatable bonds is 18. The van der Waals surface area contributed by atoms with Crippen LogP contribution >= 0.6 is 0 Å². The van der Waals surface area contributed by atoms with E-state index >= 15 is 0 Å². The number of primary amides is 9. The van der Waals surface area contributed by atoms with Crippen molar-refractivity contribution in [3.05, 3.63) is 175 Å². The summed E-state index contributed by atoms with van der Waals surface area (Å²) >= 11 is 0. The minimum Gasteiger partial charge on any atom is -0.545 e. The van der Waals surface area contributed by atoms with Gasteiger partial charge in [-0.05, 0) is 0 Å². The van der Waals surface area contributed by atoms with Crippen LogP contribution in [0.4, 0.5) is 0 Å². The molecule has 3 aliphatic rings. The van der Waals surface area contributed by atoms with Crippen LogP contribution < -0.4 is 51.6 Å². The Kier molecular flexibility index (Phi) is 186. The molecule has 684 valence electrons. The molecule has 3 fully saturated rings. The van der Waals surface area contributed by atoms with Gasteiger partial charge in [0.25, 0.3) is 41.0 Å². The average Bonchev–Trinajstić information content (AvgIpc) is 1.67. The van der Waals surface area contributed by atoms with Gasteiger partial charge in [-0.2, -0.15) is 0 Å². The summed E-state index contributed by atoms with van der Waals surface area (Å²) < 4.78 is 0. The van der Waals surface area contributed by atoms with E-state index in [4.69, 9.17) is 188 Å². The minimum absolute atomic E-state index is 0. The Morgan fingerprint density at radius 3 is 0.492 bits per heavy atom. The fraction of sp³-hybridized carbons (Fsp3) is 0.440. The Labute approximate surface area is 783 Å². The van der Waals surface area contributed by atoms with Gasteiger partial charge in [0.1, 0.15) is 0 Å². The Morgan fingerprint density at radius 1 is 0.315 bits per heavy atom. The van der Waals surface area contributed by atoms with Crippen LogP contribution in [0.2, 0.25) is 0 Å². The van der Waals surface area contributed by atoms with E-state index < -0.39 is 123 Å². The molecule has 0 saturated heterocycles. The third-order valence-electron chi connectivity index (χ3n) is 11.9. The second-order valence-electron chi connectivity index (χ2n) is 21.1. The van der Waals surface area contributed by atoms with Crippen molar-refractivity contribution >= 4 is 152 Å². The number of nitrogens with zero attached hydrogens (tertiary/aromatic N) is 12. The fourth-order valence-electron chi connectivity index (χ4n) is 3.30. The van der Waals surface area contributed by atoms with Crippen molar-refractivity contribution in [1.29, 1.82) is 0 Å². The molecule has 6 atom stereocenters. The van der Waals surface area contributed by atoms with E-state index in [2.05, 4.69) is 159 Å². The number of Topliss-reactive ketones (excluding diaryl/α,β-unsaturated/α-hetero) is 3. The zero-order valence-corrected chi connectivity index (χ0v) is 77.6. The zero-order valence-electron chi connectivity index (χ0n) is 69.6. The topological polar surface area (TPSA) is 696 Å². The molecule has 0 aromatic rings. The summed E-state index contributed by atoms with van der Waals surface area (Å²) in [5.74, 6) is -5.04. The number of amides is 9. The van der Waals surface area contributed by atoms with Crippen molar-refractivity contribution in [2.24, 2.45) is 51.6 Å². The largest absolute Gasteiger partial charge is 0.545 e. The maximum Gasteiger partial charge on any atom is 0.309 e. The van der Waals surface area contributed by atoms with Gasteiger partial charge in [0.2, 0.25) is 17.3 Å². The van der Waals surface area contributed by atoms with E-state index in [9.17, 15) is 57.5 Å². The van der Waals surface area contributed by atoms with Gasteiger partial charge in [-0.15, -0.1) is 19.7 Å². The molecule has 0 spiro atoms. The predicted molar refractivity (Wildman–Crippen MR) is 437 cm³/mol.